The van der Waals surface area contributed by atoms with Gasteiger partial charge in [0.1, 0.15) is 5.82 Å². The Balaban J connectivity index is 3.22. The van der Waals surface area contributed by atoms with Crippen molar-refractivity contribution in [3.05, 3.63) is 34.1 Å². The van der Waals surface area contributed by atoms with E-state index in [9.17, 15) is 12.8 Å². The molecule has 0 unspecified atom stereocenters. The van der Waals surface area contributed by atoms with Crippen LogP contribution in [0.4, 0.5) is 4.39 Å². The number of benzene rings is 1. The molecule has 0 bridgehead atoms. The highest BCUT2D eigenvalue weighted by molar-refractivity contribution is 8.13. The zero-order valence-corrected chi connectivity index (χ0v) is 10.3. The average Bonchev–Trinajstić information content (AvgIpc) is 2.10. The normalized spacial score (nSPS) is 11.7. The van der Waals surface area contributed by atoms with E-state index in [0.29, 0.717) is 6.42 Å². The maximum atomic E-state index is 13.4. The minimum atomic E-state index is -3.77. The van der Waals surface area contributed by atoms with E-state index >= 15 is 0 Å². The van der Waals surface area contributed by atoms with Crippen LogP contribution in [-0.4, -0.2) is 8.42 Å². The van der Waals surface area contributed by atoms with E-state index in [1.807, 2.05) is 6.92 Å². The zero-order chi connectivity index (χ0) is 11.6. The van der Waals surface area contributed by atoms with Crippen molar-refractivity contribution in [3.63, 3.8) is 0 Å². The molecule has 1 aromatic rings. The first-order valence-corrected chi connectivity index (χ1v) is 7.08. The molecule has 2 nitrogen and oxygen atoms in total. The van der Waals surface area contributed by atoms with Crippen molar-refractivity contribution in [2.75, 3.05) is 0 Å². The van der Waals surface area contributed by atoms with Crippen molar-refractivity contribution >= 4 is 31.3 Å². The van der Waals surface area contributed by atoms with Gasteiger partial charge < -0.3 is 0 Å². The average molecular weight is 271 g/mol. The molecule has 0 aromatic heterocycles. The number of aryl methyl sites for hydroxylation is 1. The predicted octanol–water partition coefficient (Wildman–Crippen LogP) is 3.11. The molecular weight excluding hydrogens is 262 g/mol. The van der Waals surface area contributed by atoms with Crippen LogP contribution in [0.15, 0.2) is 12.1 Å². The zero-order valence-electron chi connectivity index (χ0n) is 7.93. The summed E-state index contributed by atoms with van der Waals surface area (Å²) in [7, 11) is 1.28. The predicted molar refractivity (Wildman–Crippen MR) is 59.3 cm³/mol. The summed E-state index contributed by atoms with van der Waals surface area (Å²) in [5.41, 5.74) is 0.783. The third-order valence-electron chi connectivity index (χ3n) is 1.90. The first-order valence-electron chi connectivity index (χ1n) is 4.22. The van der Waals surface area contributed by atoms with Gasteiger partial charge in [-0.15, -0.1) is 0 Å². The summed E-state index contributed by atoms with van der Waals surface area (Å²) < 4.78 is 35.0. The molecule has 0 saturated carbocycles. The maximum Gasteiger partial charge on any atom is 0.236 e. The highest BCUT2D eigenvalue weighted by atomic mass is 35.7. The number of hydrogen-bond acceptors (Lipinski definition) is 2. The molecule has 84 valence electrons. The van der Waals surface area contributed by atoms with Crippen LogP contribution in [0, 0.1) is 5.82 Å². The van der Waals surface area contributed by atoms with Crippen molar-refractivity contribution in [2.24, 2.45) is 0 Å². The molecule has 0 atom stereocenters. The van der Waals surface area contributed by atoms with Crippen LogP contribution < -0.4 is 0 Å². The Kier molecular flexibility index (Phi) is 3.98. The second-order valence-corrected chi connectivity index (χ2v) is 6.27. The smallest absolute Gasteiger partial charge is 0.212 e. The molecule has 1 rings (SSSR count). The SMILES string of the molecule is CCc1cc(Cl)c(F)c(CS(=O)(=O)Cl)c1. The summed E-state index contributed by atoms with van der Waals surface area (Å²) in [6.45, 7) is 1.86. The molecule has 0 aliphatic carbocycles. The molecule has 0 aliphatic heterocycles. The van der Waals surface area contributed by atoms with Gasteiger partial charge in [0.15, 0.2) is 0 Å². The Morgan fingerprint density at radius 2 is 2.00 bits per heavy atom. The Labute approximate surface area is 97.4 Å². The lowest BCUT2D eigenvalue weighted by Gasteiger charge is -2.05. The van der Waals surface area contributed by atoms with Gasteiger partial charge in [0.25, 0.3) is 0 Å². The summed E-state index contributed by atoms with van der Waals surface area (Å²) in [5, 5.41) is -0.0790. The minimum Gasteiger partial charge on any atom is -0.212 e. The molecule has 0 heterocycles. The highest BCUT2D eigenvalue weighted by Gasteiger charge is 2.14. The molecule has 0 fully saturated rings. The Hall–Kier alpha value is -0.320. The van der Waals surface area contributed by atoms with Gasteiger partial charge in [-0.3, -0.25) is 0 Å². The summed E-state index contributed by atoms with van der Waals surface area (Å²) in [4.78, 5) is 0. The lowest BCUT2D eigenvalue weighted by Crippen LogP contribution is -2.00. The standard InChI is InChI=1S/C9H9Cl2FO2S/c1-2-6-3-7(5-15(11,13)14)9(12)8(10)4-6/h3-4H,2,5H2,1H3. The van der Waals surface area contributed by atoms with Crippen molar-refractivity contribution < 1.29 is 12.8 Å². The summed E-state index contributed by atoms with van der Waals surface area (Å²) in [6.07, 6.45) is 0.648. The van der Waals surface area contributed by atoms with Gasteiger partial charge in [0, 0.05) is 16.2 Å². The van der Waals surface area contributed by atoms with Crippen LogP contribution in [0.1, 0.15) is 18.1 Å². The van der Waals surface area contributed by atoms with E-state index in [2.05, 4.69) is 0 Å². The van der Waals surface area contributed by atoms with E-state index in [4.69, 9.17) is 22.3 Å². The summed E-state index contributed by atoms with van der Waals surface area (Å²) in [5.74, 6) is -1.27. The molecule has 0 saturated heterocycles. The van der Waals surface area contributed by atoms with Crippen molar-refractivity contribution in [3.8, 4) is 0 Å². The molecule has 1 aromatic carbocycles. The third kappa shape index (κ3) is 3.63. The van der Waals surface area contributed by atoms with Crippen LogP contribution in [0.5, 0.6) is 0 Å². The minimum absolute atomic E-state index is 0.00866. The van der Waals surface area contributed by atoms with Crippen molar-refractivity contribution in [2.45, 2.75) is 19.1 Å². The molecule has 6 heteroatoms. The van der Waals surface area contributed by atoms with Crippen LogP contribution in [-0.2, 0) is 21.2 Å². The molecule has 0 N–H and O–H groups in total. The lowest BCUT2D eigenvalue weighted by atomic mass is 10.1. The lowest BCUT2D eigenvalue weighted by molar-refractivity contribution is 0.597. The third-order valence-corrected chi connectivity index (χ3v) is 3.16. The van der Waals surface area contributed by atoms with Crippen LogP contribution in [0.25, 0.3) is 0 Å². The van der Waals surface area contributed by atoms with Gasteiger partial charge in [0.05, 0.1) is 10.8 Å². The number of rotatable bonds is 3. The molecule has 0 radical (unpaired) electrons. The number of hydrogen-bond donors (Lipinski definition) is 0. The molecule has 0 amide bonds. The maximum absolute atomic E-state index is 13.4. The van der Waals surface area contributed by atoms with Gasteiger partial charge in [-0.25, -0.2) is 12.8 Å². The fourth-order valence-corrected chi connectivity index (χ4v) is 2.40. The monoisotopic (exact) mass is 270 g/mol. The second-order valence-electron chi connectivity index (χ2n) is 3.09. The van der Waals surface area contributed by atoms with Crippen LogP contribution >= 0.6 is 22.3 Å². The molecule has 0 spiro atoms. The second kappa shape index (κ2) is 4.68. The van der Waals surface area contributed by atoms with Crippen molar-refractivity contribution in [1.29, 1.82) is 0 Å². The van der Waals surface area contributed by atoms with E-state index < -0.39 is 20.6 Å². The first kappa shape index (κ1) is 12.7. The topological polar surface area (TPSA) is 34.1 Å². The Morgan fingerprint density at radius 1 is 1.40 bits per heavy atom. The fraction of sp³-hybridized carbons (Fsp3) is 0.333. The van der Waals surface area contributed by atoms with E-state index in [-0.39, 0.29) is 10.6 Å². The Morgan fingerprint density at radius 3 is 2.47 bits per heavy atom. The summed E-state index contributed by atoms with van der Waals surface area (Å²) in [6, 6.07) is 2.93. The van der Waals surface area contributed by atoms with Gasteiger partial charge in [0.2, 0.25) is 9.05 Å². The largest absolute Gasteiger partial charge is 0.236 e. The molecule has 15 heavy (non-hydrogen) atoms. The van der Waals surface area contributed by atoms with E-state index in [0.717, 1.165) is 5.56 Å². The van der Waals surface area contributed by atoms with Gasteiger partial charge >= 0.3 is 0 Å². The first-order chi connectivity index (χ1) is 6.83. The van der Waals surface area contributed by atoms with Gasteiger partial charge in [-0.1, -0.05) is 24.6 Å². The van der Waals surface area contributed by atoms with E-state index in [1.165, 1.54) is 12.1 Å². The van der Waals surface area contributed by atoms with Crippen LogP contribution in [0.3, 0.4) is 0 Å². The van der Waals surface area contributed by atoms with Crippen molar-refractivity contribution in [1.82, 2.24) is 0 Å². The summed E-state index contributed by atoms with van der Waals surface area (Å²) >= 11 is 5.61. The highest BCUT2D eigenvalue weighted by Crippen LogP contribution is 2.23. The Bertz CT molecular complexity index is 471. The molecular formula is C9H9Cl2FO2S. The van der Waals surface area contributed by atoms with Gasteiger partial charge in [-0.05, 0) is 18.1 Å². The van der Waals surface area contributed by atoms with E-state index in [1.54, 1.807) is 0 Å². The quantitative estimate of drug-likeness (QED) is 0.791. The fourth-order valence-electron chi connectivity index (χ4n) is 1.20. The van der Waals surface area contributed by atoms with Gasteiger partial charge in [-0.2, -0.15) is 0 Å². The van der Waals surface area contributed by atoms with Crippen LogP contribution in [0.2, 0.25) is 5.02 Å². The number of halogens is 3. The molecule has 0 aliphatic rings.